The molecule has 1 N–H and O–H groups in total. The quantitative estimate of drug-likeness (QED) is 0.879. The topological polar surface area (TPSA) is 42.8 Å². The van der Waals surface area contributed by atoms with Crippen LogP contribution in [0.25, 0.3) is 0 Å². The van der Waals surface area contributed by atoms with Gasteiger partial charge in [-0.2, -0.15) is 0 Å². The number of hydrogen-bond acceptors (Lipinski definition) is 6. The maximum absolute atomic E-state index is 9.49. The molecule has 3 rings (SSSR count). The molecule has 3 heterocycles. The van der Waals surface area contributed by atoms with Crippen LogP contribution in [0.15, 0.2) is 6.20 Å². The van der Waals surface area contributed by atoms with Gasteiger partial charge < -0.3 is 10.0 Å². The molecular weight excluding hydrogens is 308 g/mol. The molecule has 1 aromatic heterocycles. The number of thiazole rings is 1. The van der Waals surface area contributed by atoms with E-state index in [1.165, 1.54) is 30.8 Å². The average Bonchev–Trinajstić information content (AvgIpc) is 2.94. The van der Waals surface area contributed by atoms with Gasteiger partial charge in [-0.25, -0.2) is 4.98 Å². The lowest BCUT2D eigenvalue weighted by atomic mass is 9.98. The fourth-order valence-corrected chi connectivity index (χ4v) is 4.83. The van der Waals surface area contributed by atoms with Crippen molar-refractivity contribution in [1.29, 1.82) is 0 Å². The summed E-state index contributed by atoms with van der Waals surface area (Å²) < 4.78 is 0. The summed E-state index contributed by atoms with van der Waals surface area (Å²) in [6.07, 6.45) is 5.45. The molecule has 1 atom stereocenters. The Hall–Kier alpha value is -0.530. The summed E-state index contributed by atoms with van der Waals surface area (Å²) in [4.78, 5) is 13.4. The van der Waals surface area contributed by atoms with E-state index in [0.29, 0.717) is 18.7 Å². The number of rotatable bonds is 5. The zero-order valence-electron chi connectivity index (χ0n) is 14.4. The van der Waals surface area contributed by atoms with Gasteiger partial charge in [0, 0.05) is 55.9 Å². The number of aromatic nitrogens is 1. The first-order valence-corrected chi connectivity index (χ1v) is 9.66. The van der Waals surface area contributed by atoms with E-state index in [2.05, 4.69) is 33.7 Å². The third-order valence-corrected chi connectivity index (χ3v) is 6.18. The Balaban J connectivity index is 1.58. The van der Waals surface area contributed by atoms with Crippen molar-refractivity contribution in [3.8, 4) is 0 Å². The second-order valence-electron chi connectivity index (χ2n) is 7.02. The highest BCUT2D eigenvalue weighted by Gasteiger charge is 2.33. The van der Waals surface area contributed by atoms with E-state index in [1.807, 2.05) is 6.20 Å². The number of likely N-dealkylation sites (tertiary alicyclic amines) is 1. The largest absolute Gasteiger partial charge is 0.396 e. The molecule has 0 aromatic carbocycles. The molecule has 2 saturated heterocycles. The molecule has 5 nitrogen and oxygen atoms in total. The normalized spacial score (nSPS) is 26.0. The molecule has 2 fully saturated rings. The molecule has 23 heavy (non-hydrogen) atoms. The van der Waals surface area contributed by atoms with Crippen LogP contribution in [0.2, 0.25) is 0 Å². The first kappa shape index (κ1) is 17.3. The van der Waals surface area contributed by atoms with Gasteiger partial charge in [-0.3, -0.25) is 9.80 Å². The summed E-state index contributed by atoms with van der Waals surface area (Å²) in [6.45, 7) is 9.12. The average molecular weight is 339 g/mol. The van der Waals surface area contributed by atoms with Crippen LogP contribution in [-0.2, 0) is 6.54 Å². The van der Waals surface area contributed by atoms with Crippen LogP contribution in [0.1, 0.15) is 29.1 Å². The molecule has 0 spiro atoms. The number of aryl methyl sites for hydroxylation is 1. The van der Waals surface area contributed by atoms with E-state index in [9.17, 15) is 5.11 Å². The zero-order chi connectivity index (χ0) is 16.2. The van der Waals surface area contributed by atoms with Crippen LogP contribution in [0.3, 0.4) is 0 Å². The van der Waals surface area contributed by atoms with Gasteiger partial charge in [-0.1, -0.05) is 0 Å². The van der Waals surface area contributed by atoms with Crippen LogP contribution >= 0.6 is 11.3 Å². The van der Waals surface area contributed by atoms with Crippen molar-refractivity contribution in [2.45, 2.75) is 44.8 Å². The summed E-state index contributed by atoms with van der Waals surface area (Å²) in [5, 5.41) is 10.6. The van der Waals surface area contributed by atoms with Crippen LogP contribution in [0.4, 0.5) is 0 Å². The number of hydrogen-bond donors (Lipinski definition) is 1. The molecule has 0 saturated carbocycles. The highest BCUT2D eigenvalue weighted by atomic mass is 32.1. The molecule has 2 aliphatic heterocycles. The number of aliphatic hydroxyl groups is 1. The van der Waals surface area contributed by atoms with Crippen molar-refractivity contribution in [2.75, 3.05) is 46.4 Å². The Labute approximate surface area is 143 Å². The van der Waals surface area contributed by atoms with E-state index in [-0.39, 0.29) is 0 Å². The third-order valence-electron chi connectivity index (χ3n) is 5.28. The Morgan fingerprint density at radius 3 is 2.70 bits per heavy atom. The highest BCUT2D eigenvalue weighted by molar-refractivity contribution is 7.11. The standard InChI is InChI=1S/C17H30N4OS/c1-14-18-11-17(23-14)13-20-8-9-21(16(12-20)5-10-22)15-3-6-19(2)7-4-15/h11,15-16,22H,3-10,12-13H2,1-2H3/t16-/m1/s1. The minimum absolute atomic E-state index is 0.293. The van der Waals surface area contributed by atoms with Crippen LogP contribution in [-0.4, -0.2) is 83.3 Å². The Morgan fingerprint density at radius 1 is 1.26 bits per heavy atom. The fourth-order valence-electron chi connectivity index (χ4n) is 3.99. The summed E-state index contributed by atoms with van der Waals surface area (Å²) in [7, 11) is 2.22. The predicted molar refractivity (Wildman–Crippen MR) is 94.8 cm³/mol. The summed E-state index contributed by atoms with van der Waals surface area (Å²) in [5.41, 5.74) is 0. The molecular formula is C17H30N4OS. The van der Waals surface area contributed by atoms with Crippen molar-refractivity contribution in [3.63, 3.8) is 0 Å². The Kier molecular flexibility index (Phi) is 6.04. The van der Waals surface area contributed by atoms with Gasteiger partial charge in [-0.05, 0) is 46.3 Å². The number of piperidine rings is 1. The van der Waals surface area contributed by atoms with Crippen LogP contribution in [0, 0.1) is 6.92 Å². The van der Waals surface area contributed by atoms with Gasteiger partial charge in [0.1, 0.15) is 0 Å². The molecule has 0 amide bonds. The van der Waals surface area contributed by atoms with E-state index < -0.39 is 0 Å². The van der Waals surface area contributed by atoms with Gasteiger partial charge in [0.25, 0.3) is 0 Å². The summed E-state index contributed by atoms with van der Waals surface area (Å²) >= 11 is 1.80. The van der Waals surface area contributed by atoms with E-state index in [0.717, 1.165) is 37.6 Å². The smallest absolute Gasteiger partial charge is 0.0897 e. The fraction of sp³-hybridized carbons (Fsp3) is 0.824. The summed E-state index contributed by atoms with van der Waals surface area (Å²) in [6, 6.07) is 1.20. The van der Waals surface area contributed by atoms with Crippen LogP contribution in [0.5, 0.6) is 0 Å². The van der Waals surface area contributed by atoms with Gasteiger partial charge >= 0.3 is 0 Å². The lowest BCUT2D eigenvalue weighted by Gasteiger charge is -2.47. The summed E-state index contributed by atoms with van der Waals surface area (Å²) in [5.74, 6) is 0. The SMILES string of the molecule is Cc1ncc(CN2CCN(C3CCN(C)CC3)[C@H](CCO)C2)s1. The monoisotopic (exact) mass is 338 g/mol. The Bertz CT molecular complexity index is 487. The van der Waals surface area contributed by atoms with Crippen molar-refractivity contribution in [1.82, 2.24) is 19.7 Å². The molecule has 0 unspecified atom stereocenters. The van der Waals surface area contributed by atoms with Crippen molar-refractivity contribution >= 4 is 11.3 Å². The van der Waals surface area contributed by atoms with Gasteiger partial charge in [0.15, 0.2) is 0 Å². The molecule has 0 aliphatic carbocycles. The molecule has 0 radical (unpaired) electrons. The van der Waals surface area contributed by atoms with Gasteiger partial charge in [0.05, 0.1) is 5.01 Å². The van der Waals surface area contributed by atoms with Crippen molar-refractivity contribution < 1.29 is 5.11 Å². The highest BCUT2D eigenvalue weighted by Crippen LogP contribution is 2.24. The first-order valence-electron chi connectivity index (χ1n) is 8.84. The van der Waals surface area contributed by atoms with E-state index in [1.54, 1.807) is 11.3 Å². The molecule has 1 aromatic rings. The maximum atomic E-state index is 9.49. The Morgan fingerprint density at radius 2 is 2.04 bits per heavy atom. The second-order valence-corrected chi connectivity index (χ2v) is 8.34. The van der Waals surface area contributed by atoms with Crippen LogP contribution < -0.4 is 0 Å². The van der Waals surface area contributed by atoms with E-state index in [4.69, 9.17) is 0 Å². The van der Waals surface area contributed by atoms with Gasteiger partial charge in [0.2, 0.25) is 0 Å². The van der Waals surface area contributed by atoms with Crippen molar-refractivity contribution in [3.05, 3.63) is 16.1 Å². The number of piperazine rings is 1. The zero-order valence-corrected chi connectivity index (χ0v) is 15.3. The van der Waals surface area contributed by atoms with E-state index >= 15 is 0 Å². The first-order chi connectivity index (χ1) is 11.2. The number of nitrogens with zero attached hydrogens (tertiary/aromatic N) is 4. The third kappa shape index (κ3) is 4.51. The number of aliphatic hydroxyl groups excluding tert-OH is 1. The molecule has 130 valence electrons. The lowest BCUT2D eigenvalue weighted by molar-refractivity contribution is 0.00627. The second kappa shape index (κ2) is 8.03. The molecule has 2 aliphatic rings. The minimum atomic E-state index is 0.293. The van der Waals surface area contributed by atoms with Gasteiger partial charge in [-0.15, -0.1) is 11.3 Å². The lowest BCUT2D eigenvalue weighted by Crippen LogP contribution is -2.58. The molecule has 6 heteroatoms. The predicted octanol–water partition coefficient (Wildman–Crippen LogP) is 1.41. The van der Waals surface area contributed by atoms with Crippen molar-refractivity contribution in [2.24, 2.45) is 0 Å². The maximum Gasteiger partial charge on any atom is 0.0897 e. The minimum Gasteiger partial charge on any atom is -0.396 e. The molecule has 0 bridgehead atoms.